The van der Waals surface area contributed by atoms with Gasteiger partial charge in [-0.05, 0) is 41.6 Å². The average Bonchev–Trinajstić information content (AvgIpc) is 2.74. The zero-order chi connectivity index (χ0) is 15.1. The van der Waals surface area contributed by atoms with E-state index in [1.807, 2.05) is 6.92 Å². The van der Waals surface area contributed by atoms with Crippen molar-refractivity contribution in [2.45, 2.75) is 37.6 Å². The second kappa shape index (κ2) is 5.69. The number of hydrogen-bond acceptors (Lipinski definition) is 4. The maximum absolute atomic E-state index is 12.4. The summed E-state index contributed by atoms with van der Waals surface area (Å²) in [5.41, 5.74) is 0. The number of furan rings is 1. The molecule has 0 aliphatic carbocycles. The molecule has 8 heteroatoms. The molecule has 2 rings (SSSR count). The van der Waals surface area contributed by atoms with Gasteiger partial charge in [0, 0.05) is 29.3 Å². The predicted molar refractivity (Wildman–Crippen MR) is 78.3 cm³/mol. The summed E-state index contributed by atoms with van der Waals surface area (Å²) in [5.74, 6) is 0.0794. The number of nitrogens with zero attached hydrogens (tertiary/aromatic N) is 1. The summed E-state index contributed by atoms with van der Waals surface area (Å²) in [6.45, 7) is 4.72. The molecule has 112 valence electrons. The zero-order valence-corrected chi connectivity index (χ0v) is 14.3. The zero-order valence-electron chi connectivity index (χ0n) is 11.1. The van der Waals surface area contributed by atoms with Crippen molar-refractivity contribution in [2.75, 3.05) is 6.54 Å². The van der Waals surface area contributed by atoms with Crippen molar-refractivity contribution >= 4 is 41.6 Å². The van der Waals surface area contributed by atoms with Crippen LogP contribution in [0.1, 0.15) is 37.2 Å². The van der Waals surface area contributed by atoms with Crippen LogP contribution in [0, 0.1) is 5.92 Å². The van der Waals surface area contributed by atoms with Gasteiger partial charge in [-0.3, -0.25) is 4.79 Å². The van der Waals surface area contributed by atoms with Gasteiger partial charge in [-0.25, -0.2) is 8.42 Å². The maximum Gasteiger partial charge on any atom is 0.289 e. The highest BCUT2D eigenvalue weighted by Gasteiger charge is 2.32. The van der Waals surface area contributed by atoms with Crippen LogP contribution in [0.5, 0.6) is 0 Å². The molecule has 1 aliphatic rings. The number of likely N-dealkylation sites (tertiary alicyclic amines) is 1. The molecule has 1 aliphatic heterocycles. The fourth-order valence-electron chi connectivity index (χ4n) is 2.39. The molecule has 2 heterocycles. The van der Waals surface area contributed by atoms with Crippen LogP contribution in [0.2, 0.25) is 0 Å². The smallest absolute Gasteiger partial charge is 0.289 e. The van der Waals surface area contributed by atoms with Crippen molar-refractivity contribution in [2.24, 2.45) is 5.92 Å². The lowest BCUT2D eigenvalue weighted by molar-refractivity contribution is 0.0518. The minimum absolute atomic E-state index is 0.0166. The molecule has 20 heavy (non-hydrogen) atoms. The Morgan fingerprint density at radius 2 is 2.15 bits per heavy atom. The molecular weight excluding hydrogens is 370 g/mol. The van der Waals surface area contributed by atoms with E-state index in [1.54, 1.807) is 4.90 Å². The van der Waals surface area contributed by atoms with Crippen molar-refractivity contribution in [3.05, 3.63) is 16.5 Å². The van der Waals surface area contributed by atoms with E-state index in [1.165, 1.54) is 6.07 Å². The molecule has 0 N–H and O–H groups in total. The van der Waals surface area contributed by atoms with E-state index < -0.39 is 9.05 Å². The Hall–Kier alpha value is -0.530. The molecule has 0 aromatic carbocycles. The van der Waals surface area contributed by atoms with Crippen molar-refractivity contribution in [1.82, 2.24) is 4.90 Å². The van der Waals surface area contributed by atoms with E-state index in [0.29, 0.717) is 12.5 Å². The van der Waals surface area contributed by atoms with Crippen LogP contribution < -0.4 is 0 Å². The number of carbonyl (C=O) groups excluding carboxylic acids is 1. The lowest BCUT2D eigenvalue weighted by Crippen LogP contribution is -2.45. The van der Waals surface area contributed by atoms with E-state index in [2.05, 4.69) is 22.9 Å². The molecule has 5 nitrogen and oxygen atoms in total. The Morgan fingerprint density at radius 1 is 1.50 bits per heavy atom. The van der Waals surface area contributed by atoms with Gasteiger partial charge in [0.15, 0.2) is 10.4 Å². The third kappa shape index (κ3) is 3.04. The van der Waals surface area contributed by atoms with Crippen LogP contribution >= 0.6 is 26.6 Å². The van der Waals surface area contributed by atoms with Crippen LogP contribution in [0.4, 0.5) is 0 Å². The van der Waals surface area contributed by atoms with Crippen LogP contribution in [-0.4, -0.2) is 31.8 Å². The van der Waals surface area contributed by atoms with E-state index in [9.17, 15) is 13.2 Å². The normalized spacial score (nSPS) is 23.9. The highest BCUT2D eigenvalue weighted by molar-refractivity contribution is 9.10. The standard InChI is InChI=1S/C12H15BrClNO4S/c1-7-4-3-5-15(8(7)2)12(16)9-6-10(11(13)19-9)20(14,17)18/h6-8H,3-5H2,1-2H3. The largest absolute Gasteiger partial charge is 0.443 e. The summed E-state index contributed by atoms with van der Waals surface area (Å²) in [7, 11) is 1.34. The van der Waals surface area contributed by atoms with Crippen molar-refractivity contribution in [3.63, 3.8) is 0 Å². The van der Waals surface area contributed by atoms with Crippen LogP contribution in [0.3, 0.4) is 0 Å². The quantitative estimate of drug-likeness (QED) is 0.734. The first-order valence-electron chi connectivity index (χ1n) is 6.26. The lowest BCUT2D eigenvalue weighted by Gasteiger charge is -2.37. The number of hydrogen-bond donors (Lipinski definition) is 0. The van der Waals surface area contributed by atoms with Gasteiger partial charge in [-0.15, -0.1) is 0 Å². The van der Waals surface area contributed by atoms with Crippen molar-refractivity contribution in [3.8, 4) is 0 Å². The maximum atomic E-state index is 12.4. The molecule has 2 unspecified atom stereocenters. The van der Waals surface area contributed by atoms with Gasteiger partial charge in [0.25, 0.3) is 15.0 Å². The average molecular weight is 385 g/mol. The highest BCUT2D eigenvalue weighted by atomic mass is 79.9. The lowest BCUT2D eigenvalue weighted by atomic mass is 9.92. The fraction of sp³-hybridized carbons (Fsp3) is 0.583. The van der Waals surface area contributed by atoms with Gasteiger partial charge in [-0.1, -0.05) is 6.92 Å². The third-order valence-corrected chi connectivity index (χ3v) is 5.94. The molecule has 0 radical (unpaired) electrons. The van der Waals surface area contributed by atoms with E-state index in [4.69, 9.17) is 15.1 Å². The van der Waals surface area contributed by atoms with Gasteiger partial charge in [0.2, 0.25) is 0 Å². The van der Waals surface area contributed by atoms with Crippen LogP contribution in [-0.2, 0) is 9.05 Å². The van der Waals surface area contributed by atoms with Gasteiger partial charge in [0.05, 0.1) is 0 Å². The molecule has 2 atom stereocenters. The second-order valence-corrected chi connectivity index (χ2v) is 8.30. The summed E-state index contributed by atoms with van der Waals surface area (Å²) in [6.07, 6.45) is 2.01. The Labute approximate surface area is 130 Å². The third-order valence-electron chi connectivity index (χ3n) is 3.76. The number of piperidine rings is 1. The van der Waals surface area contributed by atoms with Crippen molar-refractivity contribution in [1.29, 1.82) is 0 Å². The summed E-state index contributed by atoms with van der Waals surface area (Å²) in [4.78, 5) is 13.9. The number of halogens is 2. The van der Waals surface area contributed by atoms with E-state index >= 15 is 0 Å². The minimum Gasteiger partial charge on any atom is -0.443 e. The van der Waals surface area contributed by atoms with E-state index in [-0.39, 0.29) is 27.3 Å². The molecule has 0 bridgehead atoms. The number of rotatable bonds is 2. The summed E-state index contributed by atoms with van der Waals surface area (Å²) in [5, 5.41) is 0. The molecule has 1 saturated heterocycles. The first-order valence-corrected chi connectivity index (χ1v) is 9.37. The summed E-state index contributed by atoms with van der Waals surface area (Å²) < 4.78 is 27.8. The minimum atomic E-state index is -3.94. The van der Waals surface area contributed by atoms with Crippen molar-refractivity contribution < 1.29 is 17.6 Å². The highest BCUT2D eigenvalue weighted by Crippen LogP contribution is 2.31. The van der Waals surface area contributed by atoms with Gasteiger partial charge in [0.1, 0.15) is 4.90 Å². The van der Waals surface area contributed by atoms with Crippen LogP contribution in [0.25, 0.3) is 0 Å². The molecule has 1 aromatic heterocycles. The Bertz CT molecular complexity index is 627. The summed E-state index contributed by atoms with van der Waals surface area (Å²) in [6, 6.07) is 1.26. The molecule has 1 fully saturated rings. The molecule has 0 spiro atoms. The molecular formula is C12H15BrClNO4S. The first-order chi connectivity index (χ1) is 9.21. The second-order valence-electron chi connectivity index (χ2n) is 5.05. The predicted octanol–water partition coefficient (Wildman–Crippen LogP) is 3.23. The van der Waals surface area contributed by atoms with Crippen LogP contribution in [0.15, 0.2) is 20.0 Å². The Kier molecular flexibility index (Phi) is 4.51. The Morgan fingerprint density at radius 3 is 2.70 bits per heavy atom. The monoisotopic (exact) mass is 383 g/mol. The molecule has 0 saturated carbocycles. The molecule has 1 amide bonds. The van der Waals surface area contributed by atoms with Gasteiger partial charge >= 0.3 is 0 Å². The van der Waals surface area contributed by atoms with Gasteiger partial charge in [-0.2, -0.15) is 0 Å². The number of amides is 1. The first kappa shape index (κ1) is 15.9. The van der Waals surface area contributed by atoms with Gasteiger partial charge < -0.3 is 9.32 Å². The molecule has 1 aromatic rings. The topological polar surface area (TPSA) is 67.6 Å². The Balaban J connectivity index is 2.30. The SMILES string of the molecule is CC1CCCN(C(=O)c2cc(S(=O)(=O)Cl)c(Br)o2)C1C. The summed E-state index contributed by atoms with van der Waals surface area (Å²) >= 11 is 2.97. The fourth-order valence-corrected chi connectivity index (χ4v) is 4.42. The van der Waals surface area contributed by atoms with E-state index in [0.717, 1.165) is 12.8 Å². The number of carbonyl (C=O) groups is 1.